The van der Waals surface area contributed by atoms with Gasteiger partial charge in [-0.2, -0.15) is 9.97 Å². The van der Waals surface area contributed by atoms with Crippen LogP contribution < -0.4 is 79.5 Å². The molecule has 0 spiro atoms. The van der Waals surface area contributed by atoms with E-state index in [1.165, 1.54) is 34.1 Å². The first-order valence-corrected chi connectivity index (χ1v) is 17.4. The molecule has 0 bridgehead atoms. The predicted molar refractivity (Wildman–Crippen MR) is 177 cm³/mol. The molecule has 20 nitrogen and oxygen atoms in total. The Morgan fingerprint density at radius 2 is 0.942 bits per heavy atom. The molecule has 0 aliphatic heterocycles. The summed E-state index contributed by atoms with van der Waals surface area (Å²) in [5, 5.41) is 42.7. The minimum Gasteiger partial charge on any atom is -0.744 e. The van der Waals surface area contributed by atoms with E-state index in [4.69, 9.17) is 0 Å². The molecule has 24 heteroatoms. The zero-order valence-corrected chi connectivity index (χ0v) is 33.7. The monoisotopic (exact) mass is 778 g/mol. The quantitative estimate of drug-likeness (QED) is 0.0311. The number of aromatic nitrogens is 6. The van der Waals surface area contributed by atoms with Crippen molar-refractivity contribution in [3.63, 3.8) is 0 Å². The van der Waals surface area contributed by atoms with Gasteiger partial charge in [0.25, 0.3) is 0 Å². The van der Waals surface area contributed by atoms with Crippen LogP contribution in [0.2, 0.25) is 0 Å². The van der Waals surface area contributed by atoms with Gasteiger partial charge in [0.05, 0.1) is 36.2 Å². The van der Waals surface area contributed by atoms with Gasteiger partial charge < -0.3 is 50.0 Å². The van der Waals surface area contributed by atoms with Gasteiger partial charge in [-0.15, -0.1) is 0 Å². The molecule has 0 amide bonds. The number of anilines is 6. The van der Waals surface area contributed by atoms with Crippen molar-refractivity contribution in [1.82, 2.24) is 29.9 Å². The smallest absolute Gasteiger partial charge is 0.744 e. The van der Waals surface area contributed by atoms with E-state index in [1.54, 1.807) is 0 Å². The van der Waals surface area contributed by atoms with Crippen LogP contribution in [0.5, 0.6) is 0 Å². The molecule has 0 saturated heterocycles. The second-order valence-electron chi connectivity index (χ2n) is 10.1. The summed E-state index contributed by atoms with van der Waals surface area (Å²) in [6, 6.07) is 7.39. The third-order valence-electron chi connectivity index (χ3n) is 6.68. The van der Waals surface area contributed by atoms with Gasteiger partial charge in [0.2, 0.25) is 23.8 Å². The maximum absolute atomic E-state index is 12.2. The molecule has 52 heavy (non-hydrogen) atoms. The number of hydrogen-bond acceptors (Lipinski definition) is 20. The third-order valence-corrected chi connectivity index (χ3v) is 8.47. The number of nitrogens with zero attached hydrogens (tertiary/aromatic N) is 8. The van der Waals surface area contributed by atoms with Gasteiger partial charge in [-0.3, -0.25) is 0 Å². The average molecular weight is 779 g/mol. The Hall–Kier alpha value is -2.94. The van der Waals surface area contributed by atoms with E-state index in [0.29, 0.717) is 0 Å². The van der Waals surface area contributed by atoms with Crippen LogP contribution in [-0.4, -0.2) is 129 Å². The van der Waals surface area contributed by atoms with Crippen molar-refractivity contribution < 1.29 is 105 Å². The summed E-state index contributed by atoms with van der Waals surface area (Å²) in [4.78, 5) is 26.0. The molecular weight excluding hydrogens is 746 g/mol. The van der Waals surface area contributed by atoms with Crippen molar-refractivity contribution in [2.45, 2.75) is 9.79 Å². The molecule has 2 aromatic heterocycles. The van der Waals surface area contributed by atoms with Gasteiger partial charge in [-0.1, -0.05) is 24.3 Å². The first-order valence-electron chi connectivity index (χ1n) is 14.6. The van der Waals surface area contributed by atoms with E-state index < -0.39 is 30.0 Å². The van der Waals surface area contributed by atoms with Gasteiger partial charge >= 0.3 is 59.1 Å². The van der Waals surface area contributed by atoms with E-state index in [9.17, 15) is 46.4 Å². The van der Waals surface area contributed by atoms with Crippen LogP contribution in [0.25, 0.3) is 12.2 Å². The summed E-state index contributed by atoms with van der Waals surface area (Å²) < 4.78 is 73.4. The Kier molecular flexibility index (Phi) is 18.3. The normalized spacial score (nSPS) is 11.4. The number of aliphatic hydroxyl groups excluding tert-OH is 4. The molecule has 0 unspecified atom stereocenters. The molecule has 0 radical (unpaired) electrons. The Labute approximate surface area is 343 Å². The first-order chi connectivity index (χ1) is 23.9. The first kappa shape index (κ1) is 45.2. The fourth-order valence-electron chi connectivity index (χ4n) is 4.48. The van der Waals surface area contributed by atoms with Gasteiger partial charge in [0.15, 0.2) is 0 Å². The topological polar surface area (TPSA) is 303 Å². The van der Waals surface area contributed by atoms with Crippen LogP contribution in [0, 0.1) is 0 Å². The molecule has 0 aliphatic carbocycles. The van der Waals surface area contributed by atoms with Crippen molar-refractivity contribution in [1.29, 1.82) is 0 Å². The van der Waals surface area contributed by atoms with Crippen LogP contribution >= 0.6 is 0 Å². The maximum Gasteiger partial charge on any atom is 1.00 e. The second-order valence-corrected chi connectivity index (χ2v) is 12.8. The van der Waals surface area contributed by atoms with E-state index in [-0.39, 0.29) is 158 Å². The number of nitrogens with one attached hydrogen (secondary N) is 2. The summed E-state index contributed by atoms with van der Waals surface area (Å²) in [7, 11) is -10.2. The van der Waals surface area contributed by atoms with Crippen molar-refractivity contribution >= 4 is 67.6 Å². The van der Waals surface area contributed by atoms with Crippen LogP contribution in [-0.2, 0) is 20.2 Å². The molecule has 0 aliphatic rings. The largest absolute Gasteiger partial charge is 1.00 e. The Morgan fingerprint density at radius 3 is 1.25 bits per heavy atom. The zero-order valence-electron chi connectivity index (χ0n) is 28.1. The molecule has 4 rings (SSSR count). The van der Waals surface area contributed by atoms with E-state index >= 15 is 0 Å². The van der Waals surface area contributed by atoms with Crippen molar-refractivity contribution in [2.24, 2.45) is 0 Å². The maximum atomic E-state index is 12.2. The molecule has 268 valence electrons. The van der Waals surface area contributed by atoms with Gasteiger partial charge in [-0.05, 0) is 35.4 Å². The van der Waals surface area contributed by atoms with Crippen LogP contribution in [0.4, 0.5) is 35.2 Å². The fraction of sp³-hybridized carbons (Fsp3) is 0.286. The average Bonchev–Trinajstić information content (AvgIpc) is 3.07. The molecule has 0 fully saturated rings. The van der Waals surface area contributed by atoms with Crippen molar-refractivity contribution in [3.05, 3.63) is 60.2 Å². The Balaban J connectivity index is 0.00000468. The van der Waals surface area contributed by atoms with Crippen molar-refractivity contribution in [3.8, 4) is 0 Å². The number of benzene rings is 2. The van der Waals surface area contributed by atoms with Crippen LogP contribution in [0.1, 0.15) is 11.1 Å². The Morgan fingerprint density at radius 1 is 0.596 bits per heavy atom. The van der Waals surface area contributed by atoms with E-state index in [0.717, 1.165) is 36.9 Å². The molecular formula is C28H32N10Na2O10S2. The number of aliphatic hydroxyl groups is 4. The molecule has 0 saturated carbocycles. The fourth-order valence-corrected chi connectivity index (χ4v) is 5.87. The third kappa shape index (κ3) is 12.9. The summed E-state index contributed by atoms with van der Waals surface area (Å²) in [6.07, 6.45) is 4.63. The Bertz CT molecular complexity index is 1880. The van der Waals surface area contributed by atoms with Crippen LogP contribution in [0.3, 0.4) is 0 Å². The minimum atomic E-state index is -5.08. The van der Waals surface area contributed by atoms with Crippen LogP contribution in [0.15, 0.2) is 58.8 Å². The summed E-state index contributed by atoms with van der Waals surface area (Å²) >= 11 is 0. The van der Waals surface area contributed by atoms with Gasteiger partial charge in [0, 0.05) is 37.6 Å². The molecule has 2 aromatic carbocycles. The van der Waals surface area contributed by atoms with Gasteiger partial charge in [-0.25, -0.2) is 36.8 Å². The van der Waals surface area contributed by atoms with Gasteiger partial charge in [0.1, 0.15) is 32.9 Å². The van der Waals surface area contributed by atoms with E-state index in [1.807, 2.05) is 0 Å². The molecule has 2 heterocycles. The number of rotatable bonds is 18. The molecule has 6 N–H and O–H groups in total. The SMILES string of the molecule is O=S(=O)([O-])c1cc(Nc2ncnc(N(CCO)CCO)n2)ccc1/C=C/c1ccc(Nc2ncnc(N(CCO)CCO)n2)cc1S(=O)(=O)[O-].[Na+].[Na+]. The van der Waals surface area contributed by atoms with Crippen molar-refractivity contribution in [2.75, 3.05) is 73.0 Å². The summed E-state index contributed by atoms with van der Waals surface area (Å²) in [6.45, 7) is -0.474. The summed E-state index contributed by atoms with van der Waals surface area (Å²) in [5.41, 5.74) is -0.0489. The minimum absolute atomic E-state index is 0. The second kappa shape index (κ2) is 21.1. The zero-order chi connectivity index (χ0) is 36.3. The predicted octanol–water partition coefficient (Wildman–Crippen LogP) is -6.89. The summed E-state index contributed by atoms with van der Waals surface area (Å²) in [5.74, 6) is 0.169. The van der Waals surface area contributed by atoms with E-state index in [2.05, 4.69) is 40.5 Å². The molecule has 4 aromatic rings. The number of hydrogen-bond donors (Lipinski definition) is 6. The standard InChI is InChI=1S/C28H34N10O10S2.2Na/c39-11-7-37(8-12-40)27-31-17-29-25(35-27)33-21-5-3-19(23(15-21)49(43,44)45)1-2-20-4-6-22(16-24(20)50(46,47)48)34-26-30-18-32-28(36-26)38(9-13-41)10-14-42;;/h1-6,15-18,39-42H,7-14H2,(H,43,44,45)(H,46,47,48)(H,29,31,33,35)(H,30,32,34,36);;/q;2*+1/p-2/b2-1+;;. The molecule has 0 atom stereocenters.